The minimum absolute atomic E-state index is 0.457. The van der Waals surface area contributed by atoms with Crippen LogP contribution in [0.25, 0.3) is 33.0 Å². The van der Waals surface area contributed by atoms with Crippen molar-refractivity contribution in [1.82, 2.24) is 0 Å². The van der Waals surface area contributed by atoms with E-state index in [2.05, 4.69) is 0 Å². The second kappa shape index (κ2) is 4.67. The molecule has 0 bridgehead atoms. The SMILES string of the molecule is O=C(Cl)c1ccc2c(c1)-c1ccc(C(=O)Cl)c3cccc-2c13. The maximum absolute atomic E-state index is 11.6. The van der Waals surface area contributed by atoms with Gasteiger partial charge in [-0.3, -0.25) is 9.59 Å². The van der Waals surface area contributed by atoms with E-state index in [9.17, 15) is 9.59 Å². The topological polar surface area (TPSA) is 34.1 Å². The van der Waals surface area contributed by atoms with Crippen molar-refractivity contribution in [3.63, 3.8) is 0 Å². The van der Waals surface area contributed by atoms with Crippen LogP contribution in [0.1, 0.15) is 20.7 Å². The molecule has 0 amide bonds. The van der Waals surface area contributed by atoms with E-state index < -0.39 is 10.5 Å². The van der Waals surface area contributed by atoms with Gasteiger partial charge >= 0.3 is 0 Å². The fourth-order valence-corrected chi connectivity index (χ4v) is 3.43. The van der Waals surface area contributed by atoms with Gasteiger partial charge in [0.25, 0.3) is 10.5 Å². The van der Waals surface area contributed by atoms with E-state index in [0.29, 0.717) is 11.1 Å². The number of fused-ring (bicyclic) bond motifs is 3. The summed E-state index contributed by atoms with van der Waals surface area (Å²) in [6.07, 6.45) is 0. The molecular formula is C18H8Cl2O2. The van der Waals surface area contributed by atoms with Gasteiger partial charge in [-0.15, -0.1) is 0 Å². The van der Waals surface area contributed by atoms with Crippen molar-refractivity contribution in [3.05, 3.63) is 59.7 Å². The summed E-state index contributed by atoms with van der Waals surface area (Å²) < 4.78 is 0. The van der Waals surface area contributed by atoms with E-state index >= 15 is 0 Å². The molecular weight excluding hydrogens is 319 g/mol. The van der Waals surface area contributed by atoms with E-state index in [1.807, 2.05) is 30.3 Å². The molecule has 1 aliphatic rings. The summed E-state index contributed by atoms with van der Waals surface area (Å²) in [4.78, 5) is 23.0. The highest BCUT2D eigenvalue weighted by Gasteiger charge is 2.24. The van der Waals surface area contributed by atoms with Crippen LogP contribution >= 0.6 is 23.2 Å². The molecule has 0 atom stereocenters. The van der Waals surface area contributed by atoms with Crippen molar-refractivity contribution in [2.45, 2.75) is 0 Å². The third-order valence-electron chi connectivity index (χ3n) is 4.08. The Bertz CT molecular complexity index is 990. The summed E-state index contributed by atoms with van der Waals surface area (Å²) >= 11 is 11.3. The zero-order chi connectivity index (χ0) is 15.4. The van der Waals surface area contributed by atoms with Crippen molar-refractivity contribution in [2.24, 2.45) is 0 Å². The summed E-state index contributed by atoms with van der Waals surface area (Å²) in [6, 6.07) is 14.8. The molecule has 0 N–H and O–H groups in total. The highest BCUT2D eigenvalue weighted by atomic mass is 35.5. The lowest BCUT2D eigenvalue weighted by molar-refractivity contribution is 0.107. The third-order valence-corrected chi connectivity index (χ3v) is 4.50. The highest BCUT2D eigenvalue weighted by Crippen LogP contribution is 2.48. The van der Waals surface area contributed by atoms with Gasteiger partial charge in [-0.05, 0) is 74.4 Å². The Morgan fingerprint density at radius 2 is 1.45 bits per heavy atom. The quantitative estimate of drug-likeness (QED) is 0.472. The molecule has 0 fully saturated rings. The van der Waals surface area contributed by atoms with Crippen molar-refractivity contribution >= 4 is 44.5 Å². The summed E-state index contributed by atoms with van der Waals surface area (Å²) in [5.41, 5.74) is 4.95. The highest BCUT2D eigenvalue weighted by molar-refractivity contribution is 6.69. The summed E-state index contributed by atoms with van der Waals surface area (Å²) in [5.74, 6) is 0. The van der Waals surface area contributed by atoms with Gasteiger partial charge < -0.3 is 0 Å². The fraction of sp³-hybridized carbons (Fsp3) is 0. The zero-order valence-electron chi connectivity index (χ0n) is 11.2. The van der Waals surface area contributed by atoms with Gasteiger partial charge in [0.1, 0.15) is 0 Å². The normalized spacial score (nSPS) is 11.5. The number of carbonyl (C=O) groups excluding carboxylic acids is 2. The van der Waals surface area contributed by atoms with E-state index in [1.54, 1.807) is 18.2 Å². The Morgan fingerprint density at radius 3 is 2.18 bits per heavy atom. The number of rotatable bonds is 2. The molecule has 0 heterocycles. The van der Waals surface area contributed by atoms with Gasteiger partial charge in [-0.2, -0.15) is 0 Å². The molecule has 0 saturated carbocycles. The number of hydrogen-bond acceptors (Lipinski definition) is 2. The molecule has 0 radical (unpaired) electrons. The Hall–Kier alpha value is -2.16. The van der Waals surface area contributed by atoms with Crippen molar-refractivity contribution in [1.29, 1.82) is 0 Å². The van der Waals surface area contributed by atoms with Gasteiger partial charge in [-0.1, -0.05) is 30.3 Å². The maximum atomic E-state index is 11.6. The van der Waals surface area contributed by atoms with Gasteiger partial charge in [0.2, 0.25) is 0 Å². The van der Waals surface area contributed by atoms with Gasteiger partial charge in [0.15, 0.2) is 0 Å². The number of carbonyl (C=O) groups is 2. The van der Waals surface area contributed by atoms with Gasteiger partial charge in [0, 0.05) is 11.1 Å². The van der Waals surface area contributed by atoms with Crippen LogP contribution in [0.3, 0.4) is 0 Å². The van der Waals surface area contributed by atoms with Crippen molar-refractivity contribution in [3.8, 4) is 22.3 Å². The molecule has 2 nitrogen and oxygen atoms in total. The Kier molecular flexibility index (Phi) is 2.86. The Balaban J connectivity index is 2.12. The average Bonchev–Trinajstić information content (AvgIpc) is 2.83. The summed E-state index contributed by atoms with van der Waals surface area (Å²) in [5, 5.41) is 0.854. The van der Waals surface area contributed by atoms with Crippen LogP contribution in [-0.2, 0) is 0 Å². The second-order valence-electron chi connectivity index (χ2n) is 5.20. The third kappa shape index (κ3) is 1.75. The maximum Gasteiger partial charge on any atom is 0.253 e. The predicted molar refractivity (Wildman–Crippen MR) is 88.7 cm³/mol. The van der Waals surface area contributed by atoms with Crippen LogP contribution in [0.4, 0.5) is 0 Å². The first-order valence-electron chi connectivity index (χ1n) is 6.68. The molecule has 0 aliphatic heterocycles. The Labute approximate surface area is 136 Å². The molecule has 0 saturated heterocycles. The molecule has 3 aromatic carbocycles. The first kappa shape index (κ1) is 13.5. The fourth-order valence-electron chi connectivity index (χ4n) is 3.15. The minimum atomic E-state index is -0.484. The lowest BCUT2D eigenvalue weighted by Gasteiger charge is -2.05. The predicted octanol–water partition coefficient (Wildman–Crippen LogP) is 5.25. The Morgan fingerprint density at radius 1 is 0.727 bits per heavy atom. The van der Waals surface area contributed by atoms with E-state index in [0.717, 1.165) is 33.0 Å². The van der Waals surface area contributed by atoms with Crippen molar-refractivity contribution in [2.75, 3.05) is 0 Å². The lowest BCUT2D eigenvalue weighted by atomic mass is 9.99. The zero-order valence-corrected chi connectivity index (χ0v) is 12.7. The number of hydrogen-bond donors (Lipinski definition) is 0. The first-order valence-corrected chi connectivity index (χ1v) is 7.43. The van der Waals surface area contributed by atoms with E-state index in [4.69, 9.17) is 23.2 Å². The standard InChI is InChI=1S/C18H8Cl2O2/c19-17(21)9-4-5-10-11-2-1-3-12-14(18(20)22)7-6-13(16(11)12)15(10)8-9/h1-8H. The molecule has 22 heavy (non-hydrogen) atoms. The average molecular weight is 327 g/mol. The summed E-state index contributed by atoms with van der Waals surface area (Å²) in [6.45, 7) is 0. The smallest absolute Gasteiger partial charge is 0.253 e. The molecule has 0 unspecified atom stereocenters. The van der Waals surface area contributed by atoms with Crippen LogP contribution in [0.5, 0.6) is 0 Å². The van der Waals surface area contributed by atoms with Crippen LogP contribution in [0.15, 0.2) is 48.5 Å². The molecule has 106 valence electrons. The second-order valence-corrected chi connectivity index (χ2v) is 5.88. The number of benzene rings is 3. The molecule has 4 rings (SSSR count). The molecule has 1 aliphatic carbocycles. The first-order chi connectivity index (χ1) is 10.6. The van der Waals surface area contributed by atoms with Crippen LogP contribution in [0, 0.1) is 0 Å². The number of halogens is 2. The van der Waals surface area contributed by atoms with Crippen molar-refractivity contribution < 1.29 is 9.59 Å². The lowest BCUT2D eigenvalue weighted by Crippen LogP contribution is -1.91. The molecule has 3 aromatic rings. The van der Waals surface area contributed by atoms with Crippen LogP contribution in [-0.4, -0.2) is 10.5 Å². The van der Waals surface area contributed by atoms with Gasteiger partial charge in [-0.25, -0.2) is 0 Å². The molecule has 0 aromatic heterocycles. The molecule has 4 heteroatoms. The monoisotopic (exact) mass is 326 g/mol. The van der Waals surface area contributed by atoms with Crippen LogP contribution in [0.2, 0.25) is 0 Å². The summed E-state index contributed by atoms with van der Waals surface area (Å²) in [7, 11) is 0. The van der Waals surface area contributed by atoms with E-state index in [1.165, 1.54) is 0 Å². The molecule has 0 spiro atoms. The largest absolute Gasteiger partial charge is 0.276 e. The van der Waals surface area contributed by atoms with Gasteiger partial charge in [0.05, 0.1) is 0 Å². The van der Waals surface area contributed by atoms with Crippen LogP contribution < -0.4 is 0 Å². The minimum Gasteiger partial charge on any atom is -0.276 e. The van der Waals surface area contributed by atoms with E-state index in [-0.39, 0.29) is 0 Å².